The van der Waals surface area contributed by atoms with Crippen LogP contribution in [0.25, 0.3) is 0 Å². The molecule has 0 saturated carbocycles. The highest BCUT2D eigenvalue weighted by molar-refractivity contribution is 6.79. The van der Waals surface area contributed by atoms with Crippen molar-refractivity contribution in [2.45, 2.75) is 83.5 Å². The Hall–Kier alpha value is -0.373. The standard InChI is InChI=1S/C17H35NSi/c1-5-7-8-9-10-11-12-13-14-18-15-17-19(3,4)16-6-2/h6,15H,2,5,7-14,16-17H2,1,3-4H3. The highest BCUT2D eigenvalue weighted by Crippen LogP contribution is 2.13. The van der Waals surface area contributed by atoms with Crippen LogP contribution in [-0.2, 0) is 0 Å². The molecule has 0 bridgehead atoms. The van der Waals surface area contributed by atoms with Gasteiger partial charge in [0.2, 0.25) is 0 Å². The summed E-state index contributed by atoms with van der Waals surface area (Å²) in [7, 11) is -1.06. The zero-order chi connectivity index (χ0) is 14.4. The number of hydrogen-bond donors (Lipinski definition) is 0. The SMILES string of the molecule is C=CC[Si](C)(C)CC=NCCCCCCCCCC. The molecule has 0 amide bonds. The lowest BCUT2D eigenvalue weighted by Crippen LogP contribution is -2.24. The molecule has 0 aliphatic heterocycles. The summed E-state index contributed by atoms with van der Waals surface area (Å²) in [6, 6.07) is 2.41. The van der Waals surface area contributed by atoms with E-state index in [0.717, 1.165) is 6.54 Å². The van der Waals surface area contributed by atoms with Gasteiger partial charge in [-0.3, -0.25) is 4.99 Å². The maximum Gasteiger partial charge on any atom is 0.0565 e. The smallest absolute Gasteiger partial charge is 0.0565 e. The van der Waals surface area contributed by atoms with Crippen LogP contribution in [0.5, 0.6) is 0 Å². The molecule has 0 spiro atoms. The van der Waals surface area contributed by atoms with E-state index >= 15 is 0 Å². The van der Waals surface area contributed by atoms with Crippen LogP contribution in [0.2, 0.25) is 25.2 Å². The lowest BCUT2D eigenvalue weighted by atomic mass is 10.1. The van der Waals surface area contributed by atoms with Gasteiger partial charge in [0.05, 0.1) is 8.07 Å². The molecule has 19 heavy (non-hydrogen) atoms. The number of aliphatic imine (C=N–C) groups is 1. The maximum atomic E-state index is 4.56. The second kappa shape index (κ2) is 12.7. The zero-order valence-corrected chi connectivity index (χ0v) is 14.6. The van der Waals surface area contributed by atoms with Crippen molar-refractivity contribution in [3.63, 3.8) is 0 Å². The lowest BCUT2D eigenvalue weighted by molar-refractivity contribution is 0.578. The van der Waals surface area contributed by atoms with Crippen LogP contribution in [-0.4, -0.2) is 20.8 Å². The fraction of sp³-hybridized carbons (Fsp3) is 0.824. The molecule has 0 aliphatic rings. The average Bonchev–Trinajstić information content (AvgIpc) is 2.36. The molecule has 0 N–H and O–H groups in total. The lowest BCUT2D eigenvalue weighted by Gasteiger charge is -2.16. The fourth-order valence-electron chi connectivity index (χ4n) is 2.21. The Bertz CT molecular complexity index is 233. The molecular weight excluding hydrogens is 246 g/mol. The highest BCUT2D eigenvalue weighted by atomic mass is 28.3. The van der Waals surface area contributed by atoms with E-state index in [1.807, 2.05) is 0 Å². The van der Waals surface area contributed by atoms with Crippen molar-refractivity contribution >= 4 is 14.3 Å². The summed E-state index contributed by atoms with van der Waals surface area (Å²) in [4.78, 5) is 4.56. The van der Waals surface area contributed by atoms with Gasteiger partial charge >= 0.3 is 0 Å². The van der Waals surface area contributed by atoms with Crippen molar-refractivity contribution in [3.8, 4) is 0 Å². The van der Waals surface area contributed by atoms with Crippen LogP contribution in [0.1, 0.15) is 58.3 Å². The topological polar surface area (TPSA) is 12.4 Å². The Morgan fingerprint density at radius 1 is 0.895 bits per heavy atom. The van der Waals surface area contributed by atoms with Gasteiger partial charge in [-0.05, 0) is 24.7 Å². The number of allylic oxidation sites excluding steroid dienone is 1. The number of rotatable bonds is 13. The third-order valence-corrected chi connectivity index (χ3v) is 6.29. The maximum absolute atomic E-state index is 4.56. The molecule has 0 aromatic carbocycles. The number of unbranched alkanes of at least 4 members (excludes halogenated alkanes) is 7. The van der Waals surface area contributed by atoms with Crippen molar-refractivity contribution < 1.29 is 0 Å². The molecule has 112 valence electrons. The van der Waals surface area contributed by atoms with Crippen LogP contribution in [0, 0.1) is 0 Å². The summed E-state index contributed by atoms with van der Waals surface area (Å²) >= 11 is 0. The van der Waals surface area contributed by atoms with Gasteiger partial charge in [0.25, 0.3) is 0 Å². The molecule has 0 aromatic heterocycles. The molecule has 0 aromatic rings. The van der Waals surface area contributed by atoms with Crippen molar-refractivity contribution in [3.05, 3.63) is 12.7 Å². The summed E-state index contributed by atoms with van der Waals surface area (Å²) in [6.07, 6.45) is 15.3. The average molecular weight is 282 g/mol. The number of nitrogens with zero attached hydrogens (tertiary/aromatic N) is 1. The molecule has 0 saturated heterocycles. The predicted octanol–water partition coefficient (Wildman–Crippen LogP) is 6.09. The Balaban J connectivity index is 3.32. The van der Waals surface area contributed by atoms with Gasteiger partial charge in [-0.2, -0.15) is 0 Å². The second-order valence-corrected chi connectivity index (χ2v) is 11.6. The van der Waals surface area contributed by atoms with Crippen LogP contribution >= 0.6 is 0 Å². The zero-order valence-electron chi connectivity index (χ0n) is 13.6. The predicted molar refractivity (Wildman–Crippen MR) is 93.3 cm³/mol. The third kappa shape index (κ3) is 13.9. The van der Waals surface area contributed by atoms with Gasteiger partial charge in [-0.15, -0.1) is 6.58 Å². The first-order valence-corrected chi connectivity index (χ1v) is 11.6. The number of hydrogen-bond acceptors (Lipinski definition) is 1. The Labute approximate surface area is 122 Å². The largest absolute Gasteiger partial charge is 0.298 e. The Morgan fingerprint density at radius 3 is 2.05 bits per heavy atom. The first kappa shape index (κ1) is 18.6. The Morgan fingerprint density at radius 2 is 1.47 bits per heavy atom. The van der Waals surface area contributed by atoms with Crippen LogP contribution in [0.4, 0.5) is 0 Å². The van der Waals surface area contributed by atoms with Gasteiger partial charge in [0, 0.05) is 6.54 Å². The molecule has 0 fully saturated rings. The highest BCUT2D eigenvalue weighted by Gasteiger charge is 2.16. The van der Waals surface area contributed by atoms with Crippen LogP contribution in [0.15, 0.2) is 17.6 Å². The first-order valence-electron chi connectivity index (χ1n) is 8.21. The second-order valence-electron chi connectivity index (χ2n) is 6.42. The van der Waals surface area contributed by atoms with Crippen molar-refractivity contribution in [2.75, 3.05) is 6.54 Å². The van der Waals surface area contributed by atoms with Gasteiger partial charge in [0.1, 0.15) is 0 Å². The monoisotopic (exact) mass is 281 g/mol. The molecule has 0 heterocycles. The van der Waals surface area contributed by atoms with E-state index in [1.54, 1.807) is 0 Å². The van der Waals surface area contributed by atoms with Crippen LogP contribution in [0.3, 0.4) is 0 Å². The summed E-state index contributed by atoms with van der Waals surface area (Å²) in [5, 5.41) is 0. The van der Waals surface area contributed by atoms with Crippen molar-refractivity contribution in [1.29, 1.82) is 0 Å². The fourth-order valence-corrected chi connectivity index (χ4v) is 3.79. The van der Waals surface area contributed by atoms with Crippen molar-refractivity contribution in [1.82, 2.24) is 0 Å². The first-order chi connectivity index (χ1) is 9.12. The minimum absolute atomic E-state index is 1.04. The van der Waals surface area contributed by atoms with Gasteiger partial charge in [-0.25, -0.2) is 0 Å². The molecular formula is C17H35NSi. The summed E-state index contributed by atoms with van der Waals surface area (Å²) < 4.78 is 0. The molecule has 0 aliphatic carbocycles. The van der Waals surface area contributed by atoms with Gasteiger partial charge in [0.15, 0.2) is 0 Å². The minimum atomic E-state index is -1.06. The van der Waals surface area contributed by atoms with E-state index in [-0.39, 0.29) is 0 Å². The molecule has 2 heteroatoms. The van der Waals surface area contributed by atoms with Crippen LogP contribution < -0.4 is 0 Å². The van der Waals surface area contributed by atoms with Gasteiger partial charge in [-0.1, -0.05) is 71.0 Å². The summed E-state index contributed by atoms with van der Waals surface area (Å²) in [6.45, 7) is 12.0. The molecule has 0 atom stereocenters. The quantitative estimate of drug-likeness (QED) is 0.168. The van der Waals surface area contributed by atoms with Gasteiger partial charge < -0.3 is 0 Å². The van der Waals surface area contributed by atoms with Crippen molar-refractivity contribution in [2.24, 2.45) is 4.99 Å². The van der Waals surface area contributed by atoms with E-state index in [9.17, 15) is 0 Å². The van der Waals surface area contributed by atoms with E-state index < -0.39 is 8.07 Å². The minimum Gasteiger partial charge on any atom is -0.298 e. The van der Waals surface area contributed by atoms with E-state index in [4.69, 9.17) is 0 Å². The van der Waals surface area contributed by atoms with E-state index in [1.165, 1.54) is 63.5 Å². The third-order valence-electron chi connectivity index (χ3n) is 3.61. The van der Waals surface area contributed by atoms with E-state index in [2.05, 4.69) is 43.9 Å². The molecule has 0 rings (SSSR count). The summed E-state index contributed by atoms with van der Waals surface area (Å²) in [5.41, 5.74) is 0. The molecule has 0 unspecified atom stereocenters. The normalized spacial score (nSPS) is 12.2. The van der Waals surface area contributed by atoms with E-state index in [0.29, 0.717) is 0 Å². The summed E-state index contributed by atoms with van der Waals surface area (Å²) in [5.74, 6) is 0. The molecule has 0 radical (unpaired) electrons. The molecule has 1 nitrogen and oxygen atoms in total. The Kier molecular flexibility index (Phi) is 12.4.